The summed E-state index contributed by atoms with van der Waals surface area (Å²) in [6.07, 6.45) is 4.03. The van der Waals surface area contributed by atoms with E-state index in [-0.39, 0.29) is 5.78 Å². The Kier molecular flexibility index (Phi) is 5.19. The number of Topliss-reactive ketones (excluding diaryl/α,β-unsaturated/α-hetero) is 1. The van der Waals surface area contributed by atoms with Crippen LogP contribution in [-0.2, 0) is 4.79 Å². The Morgan fingerprint density at radius 3 is 2.17 bits per heavy atom. The molecule has 0 aliphatic carbocycles. The summed E-state index contributed by atoms with van der Waals surface area (Å²) in [7, 11) is 0. The Balaban J connectivity index is 1.89. The Hall–Kier alpha value is -1.58. The molecule has 0 spiro atoms. The SMILES string of the molecule is Cc1cccc(/C=C2\CSC/C(=C\c3cccc(Br)c3)C2=O)c1. The summed E-state index contributed by atoms with van der Waals surface area (Å²) in [5.74, 6) is 1.73. The molecule has 116 valence electrons. The molecule has 0 atom stereocenters. The normalized spacial score (nSPS) is 18.6. The first-order valence-electron chi connectivity index (χ1n) is 7.47. The summed E-state index contributed by atoms with van der Waals surface area (Å²) in [4.78, 5) is 12.7. The van der Waals surface area contributed by atoms with Gasteiger partial charge in [0, 0.05) is 27.1 Å². The molecule has 1 aliphatic heterocycles. The molecule has 0 saturated carbocycles. The lowest BCUT2D eigenvalue weighted by atomic mass is 10.00. The quantitative estimate of drug-likeness (QED) is 0.632. The molecular formula is C20H17BrOS. The molecule has 0 aromatic heterocycles. The second-order valence-electron chi connectivity index (χ2n) is 5.63. The van der Waals surface area contributed by atoms with E-state index in [0.717, 1.165) is 38.3 Å². The van der Waals surface area contributed by atoms with Crippen LogP contribution in [0.15, 0.2) is 64.1 Å². The van der Waals surface area contributed by atoms with Crippen LogP contribution in [0.5, 0.6) is 0 Å². The predicted octanol–water partition coefficient (Wildman–Crippen LogP) is 5.54. The molecule has 1 nitrogen and oxygen atoms in total. The van der Waals surface area contributed by atoms with E-state index in [9.17, 15) is 4.79 Å². The highest BCUT2D eigenvalue weighted by Crippen LogP contribution is 2.27. The standard InChI is InChI=1S/C20H17BrOS/c1-14-4-2-5-15(8-14)9-17-12-23-13-18(20(17)22)10-16-6-3-7-19(21)11-16/h2-11H,12-13H2,1H3/b17-9+,18-10+. The van der Waals surface area contributed by atoms with Crippen LogP contribution in [-0.4, -0.2) is 17.3 Å². The van der Waals surface area contributed by atoms with Crippen molar-refractivity contribution in [2.24, 2.45) is 0 Å². The molecule has 0 amide bonds. The number of hydrogen-bond acceptors (Lipinski definition) is 2. The van der Waals surface area contributed by atoms with Crippen molar-refractivity contribution in [1.82, 2.24) is 0 Å². The minimum atomic E-state index is 0.172. The van der Waals surface area contributed by atoms with Gasteiger partial charge in [-0.25, -0.2) is 0 Å². The van der Waals surface area contributed by atoms with E-state index in [4.69, 9.17) is 0 Å². The smallest absolute Gasteiger partial charge is 0.186 e. The molecule has 0 unspecified atom stereocenters. The van der Waals surface area contributed by atoms with Gasteiger partial charge in [-0.1, -0.05) is 57.9 Å². The van der Waals surface area contributed by atoms with Crippen LogP contribution in [0.2, 0.25) is 0 Å². The topological polar surface area (TPSA) is 17.1 Å². The van der Waals surface area contributed by atoms with Gasteiger partial charge in [-0.05, 0) is 42.3 Å². The van der Waals surface area contributed by atoms with Gasteiger partial charge in [0.1, 0.15) is 0 Å². The van der Waals surface area contributed by atoms with E-state index in [1.807, 2.05) is 48.6 Å². The van der Waals surface area contributed by atoms with Gasteiger partial charge in [-0.15, -0.1) is 0 Å². The van der Waals surface area contributed by atoms with Crippen molar-refractivity contribution in [3.8, 4) is 0 Å². The van der Waals surface area contributed by atoms with Gasteiger partial charge < -0.3 is 0 Å². The zero-order chi connectivity index (χ0) is 16.2. The monoisotopic (exact) mass is 384 g/mol. The first-order chi connectivity index (χ1) is 11.1. The predicted molar refractivity (Wildman–Crippen MR) is 104 cm³/mol. The zero-order valence-electron chi connectivity index (χ0n) is 12.9. The number of halogens is 1. The fourth-order valence-electron chi connectivity index (χ4n) is 2.58. The Morgan fingerprint density at radius 2 is 1.57 bits per heavy atom. The molecule has 0 bridgehead atoms. The number of rotatable bonds is 2. The number of hydrogen-bond donors (Lipinski definition) is 0. The third kappa shape index (κ3) is 4.24. The maximum Gasteiger partial charge on any atom is 0.186 e. The third-order valence-corrected chi connectivity index (χ3v) is 5.19. The molecule has 0 N–H and O–H groups in total. The van der Waals surface area contributed by atoms with E-state index in [1.165, 1.54) is 5.56 Å². The van der Waals surface area contributed by atoms with Gasteiger partial charge in [0.15, 0.2) is 5.78 Å². The summed E-state index contributed by atoms with van der Waals surface area (Å²) in [6.45, 7) is 2.07. The third-order valence-electron chi connectivity index (χ3n) is 3.67. The largest absolute Gasteiger partial charge is 0.289 e. The molecule has 1 aliphatic rings. The molecule has 2 aromatic carbocycles. The van der Waals surface area contributed by atoms with Crippen LogP contribution in [0.1, 0.15) is 16.7 Å². The van der Waals surface area contributed by atoms with Crippen LogP contribution in [0.25, 0.3) is 12.2 Å². The highest BCUT2D eigenvalue weighted by molar-refractivity contribution is 9.10. The molecule has 3 rings (SSSR count). The minimum Gasteiger partial charge on any atom is -0.289 e. The number of benzene rings is 2. The minimum absolute atomic E-state index is 0.172. The number of thioether (sulfide) groups is 1. The molecule has 1 saturated heterocycles. The van der Waals surface area contributed by atoms with Crippen LogP contribution in [0, 0.1) is 6.92 Å². The molecule has 23 heavy (non-hydrogen) atoms. The van der Waals surface area contributed by atoms with Gasteiger partial charge in [0.2, 0.25) is 0 Å². The summed E-state index contributed by atoms with van der Waals surface area (Å²) < 4.78 is 1.03. The fraction of sp³-hybridized carbons (Fsp3) is 0.150. The van der Waals surface area contributed by atoms with Gasteiger partial charge in [0.25, 0.3) is 0 Å². The molecule has 0 radical (unpaired) electrons. The van der Waals surface area contributed by atoms with Gasteiger partial charge in [-0.2, -0.15) is 11.8 Å². The van der Waals surface area contributed by atoms with Gasteiger partial charge in [0.05, 0.1) is 0 Å². The lowest BCUT2D eigenvalue weighted by Crippen LogP contribution is -2.16. The van der Waals surface area contributed by atoms with E-state index >= 15 is 0 Å². The van der Waals surface area contributed by atoms with E-state index in [0.29, 0.717) is 0 Å². The summed E-state index contributed by atoms with van der Waals surface area (Å²) in [6, 6.07) is 16.3. The lowest BCUT2D eigenvalue weighted by molar-refractivity contribution is -0.112. The van der Waals surface area contributed by atoms with Crippen molar-refractivity contribution in [2.75, 3.05) is 11.5 Å². The van der Waals surface area contributed by atoms with Crippen molar-refractivity contribution in [3.05, 3.63) is 80.8 Å². The fourth-order valence-corrected chi connectivity index (χ4v) is 3.97. The first-order valence-corrected chi connectivity index (χ1v) is 9.42. The number of aryl methyl sites for hydroxylation is 1. The molecule has 1 heterocycles. The van der Waals surface area contributed by atoms with Crippen LogP contribution in [0.3, 0.4) is 0 Å². The van der Waals surface area contributed by atoms with Crippen molar-refractivity contribution in [1.29, 1.82) is 0 Å². The zero-order valence-corrected chi connectivity index (χ0v) is 15.3. The highest BCUT2D eigenvalue weighted by Gasteiger charge is 2.20. The van der Waals surface area contributed by atoms with Crippen LogP contribution < -0.4 is 0 Å². The Morgan fingerprint density at radius 1 is 0.957 bits per heavy atom. The maximum absolute atomic E-state index is 12.7. The van der Waals surface area contributed by atoms with Crippen molar-refractivity contribution in [2.45, 2.75) is 6.92 Å². The second kappa shape index (κ2) is 7.33. The highest BCUT2D eigenvalue weighted by atomic mass is 79.9. The number of ketones is 1. The molecule has 3 heteroatoms. The summed E-state index contributed by atoms with van der Waals surface area (Å²) >= 11 is 5.27. The molecular weight excluding hydrogens is 368 g/mol. The Bertz CT molecular complexity index is 739. The summed E-state index contributed by atoms with van der Waals surface area (Å²) in [5.41, 5.74) is 5.12. The van der Waals surface area contributed by atoms with E-state index < -0.39 is 0 Å². The molecule has 2 aromatic rings. The van der Waals surface area contributed by atoms with Crippen LogP contribution >= 0.6 is 27.7 Å². The van der Waals surface area contributed by atoms with Crippen molar-refractivity contribution >= 4 is 45.6 Å². The summed E-state index contributed by atoms with van der Waals surface area (Å²) in [5, 5.41) is 0. The number of carbonyl (C=O) groups is 1. The maximum atomic E-state index is 12.7. The average Bonchev–Trinajstić information content (AvgIpc) is 2.51. The Labute approximate surface area is 149 Å². The first kappa shape index (κ1) is 16.3. The lowest BCUT2D eigenvalue weighted by Gasteiger charge is -2.16. The van der Waals surface area contributed by atoms with Crippen molar-refractivity contribution < 1.29 is 4.79 Å². The van der Waals surface area contributed by atoms with E-state index in [2.05, 4.69) is 35.0 Å². The number of carbonyl (C=O) groups excluding carboxylic acids is 1. The van der Waals surface area contributed by atoms with E-state index in [1.54, 1.807) is 11.8 Å². The van der Waals surface area contributed by atoms with Crippen molar-refractivity contribution in [3.63, 3.8) is 0 Å². The average molecular weight is 385 g/mol. The van der Waals surface area contributed by atoms with Gasteiger partial charge in [-0.3, -0.25) is 4.79 Å². The molecule has 1 fully saturated rings. The second-order valence-corrected chi connectivity index (χ2v) is 7.53. The van der Waals surface area contributed by atoms with Gasteiger partial charge >= 0.3 is 0 Å². The van der Waals surface area contributed by atoms with Crippen LogP contribution in [0.4, 0.5) is 0 Å².